The number of benzene rings is 3. The summed E-state index contributed by atoms with van der Waals surface area (Å²) in [6.07, 6.45) is 3.03. The number of aryl methyl sites for hydroxylation is 1. The molecule has 38 heavy (non-hydrogen) atoms. The first-order chi connectivity index (χ1) is 18.1. The molecule has 3 aromatic rings. The summed E-state index contributed by atoms with van der Waals surface area (Å²) in [5.74, 6) is -0.198. The van der Waals surface area contributed by atoms with Crippen molar-refractivity contribution in [2.45, 2.75) is 44.8 Å². The van der Waals surface area contributed by atoms with E-state index in [0.29, 0.717) is 18.5 Å². The number of aliphatic hydroxyl groups excluding tert-OH is 1. The molecule has 0 unspecified atom stereocenters. The van der Waals surface area contributed by atoms with Crippen LogP contribution in [0.5, 0.6) is 5.75 Å². The van der Waals surface area contributed by atoms with Crippen molar-refractivity contribution in [3.05, 3.63) is 95.1 Å². The molecule has 8 nitrogen and oxygen atoms in total. The van der Waals surface area contributed by atoms with Gasteiger partial charge in [-0.3, -0.25) is 9.52 Å². The molecular formula is C29H37N3O5S. The fourth-order valence-corrected chi connectivity index (χ4v) is 4.67. The summed E-state index contributed by atoms with van der Waals surface area (Å²) >= 11 is 0. The van der Waals surface area contributed by atoms with Crippen LogP contribution in [0.15, 0.2) is 72.8 Å². The molecule has 0 fully saturated rings. The summed E-state index contributed by atoms with van der Waals surface area (Å²) in [5, 5.41) is 26.7. The zero-order chi connectivity index (χ0) is 27.5. The van der Waals surface area contributed by atoms with Crippen LogP contribution in [-0.2, 0) is 34.1 Å². The predicted octanol–water partition coefficient (Wildman–Crippen LogP) is 3.31. The second-order valence-electron chi connectivity index (χ2n) is 9.61. The highest BCUT2D eigenvalue weighted by Gasteiger charge is 2.14. The first-order valence-electron chi connectivity index (χ1n) is 12.7. The Hall–Kier alpha value is -3.40. The molecular weight excluding hydrogens is 502 g/mol. The average molecular weight is 540 g/mol. The third-order valence-corrected chi connectivity index (χ3v) is 6.69. The molecule has 0 aliphatic rings. The predicted molar refractivity (Wildman–Crippen MR) is 151 cm³/mol. The molecule has 0 spiro atoms. The maximum Gasteiger partial charge on any atom is 0.229 e. The van der Waals surface area contributed by atoms with Crippen LogP contribution in [0.3, 0.4) is 0 Å². The van der Waals surface area contributed by atoms with E-state index in [-0.39, 0.29) is 29.9 Å². The smallest absolute Gasteiger partial charge is 0.229 e. The molecule has 5 N–H and O–H groups in total. The van der Waals surface area contributed by atoms with Crippen LogP contribution in [0.25, 0.3) is 0 Å². The van der Waals surface area contributed by atoms with Crippen molar-refractivity contribution in [1.29, 1.82) is 0 Å². The van der Waals surface area contributed by atoms with E-state index in [4.69, 9.17) is 0 Å². The van der Waals surface area contributed by atoms with Crippen molar-refractivity contribution in [2.24, 2.45) is 0 Å². The van der Waals surface area contributed by atoms with E-state index in [1.807, 2.05) is 49.4 Å². The Bertz CT molecular complexity index is 1280. The highest BCUT2D eigenvalue weighted by Crippen LogP contribution is 2.27. The van der Waals surface area contributed by atoms with E-state index < -0.39 is 16.1 Å². The normalized spacial score (nSPS) is 13.0. The molecule has 0 saturated carbocycles. The van der Waals surface area contributed by atoms with Gasteiger partial charge in [-0.15, -0.1) is 0 Å². The van der Waals surface area contributed by atoms with Gasteiger partial charge in [-0.2, -0.15) is 0 Å². The number of rotatable bonds is 14. The first-order valence-corrected chi connectivity index (χ1v) is 14.6. The van der Waals surface area contributed by atoms with Crippen molar-refractivity contribution < 1.29 is 23.4 Å². The number of anilines is 1. The first kappa shape index (κ1) is 29.2. The standard InChI is InChI=1S/C29H37N3O5S/c1-21(31-20-28(34)25-14-15-27(33)26(19-25)32-38(2,36)37)17-23-10-12-24(13-11-23)18-29(35)30-16-6-9-22-7-4-3-5-8-22/h3-5,7-8,10-15,19,21,28,31-34H,6,9,16-18,20H2,1-2H3,(H,30,35)/t21-,28+/m1/s1. The second kappa shape index (κ2) is 13.9. The number of hydrogen-bond donors (Lipinski definition) is 5. The Morgan fingerprint density at radius 2 is 1.63 bits per heavy atom. The lowest BCUT2D eigenvalue weighted by Gasteiger charge is -2.18. The number of sulfonamides is 1. The topological polar surface area (TPSA) is 128 Å². The zero-order valence-corrected chi connectivity index (χ0v) is 22.7. The Morgan fingerprint density at radius 1 is 0.947 bits per heavy atom. The molecule has 0 saturated heterocycles. The van der Waals surface area contributed by atoms with Gasteiger partial charge in [0.25, 0.3) is 0 Å². The van der Waals surface area contributed by atoms with Gasteiger partial charge < -0.3 is 20.8 Å². The van der Waals surface area contributed by atoms with Gasteiger partial charge in [0.05, 0.1) is 24.5 Å². The fraction of sp³-hybridized carbons (Fsp3) is 0.345. The maximum atomic E-state index is 12.3. The van der Waals surface area contributed by atoms with Crippen molar-refractivity contribution in [2.75, 3.05) is 24.1 Å². The Labute approximate surface area is 225 Å². The van der Waals surface area contributed by atoms with E-state index in [1.54, 1.807) is 6.07 Å². The Balaban J connectivity index is 1.40. The Morgan fingerprint density at radius 3 is 2.32 bits per heavy atom. The lowest BCUT2D eigenvalue weighted by atomic mass is 10.0. The molecule has 0 aliphatic carbocycles. The third kappa shape index (κ3) is 10.2. The minimum absolute atomic E-state index is 0.0129. The van der Waals surface area contributed by atoms with Crippen molar-refractivity contribution in [1.82, 2.24) is 10.6 Å². The van der Waals surface area contributed by atoms with Gasteiger partial charge >= 0.3 is 0 Å². The molecule has 3 rings (SSSR count). The van der Waals surface area contributed by atoms with Gasteiger partial charge in [-0.05, 0) is 60.6 Å². The minimum atomic E-state index is -3.56. The number of phenolic OH excluding ortho intramolecular Hbond substituents is 1. The molecule has 0 aromatic heterocycles. The van der Waals surface area contributed by atoms with Gasteiger partial charge in [0, 0.05) is 19.1 Å². The second-order valence-corrected chi connectivity index (χ2v) is 11.4. The molecule has 0 bridgehead atoms. The van der Waals surface area contributed by atoms with Crippen LogP contribution in [0.2, 0.25) is 0 Å². The molecule has 1 amide bonds. The SMILES string of the molecule is C[C@H](Cc1ccc(CC(=O)NCCCc2ccccc2)cc1)NC[C@H](O)c1ccc(O)c(NS(C)(=O)=O)c1. The number of nitrogens with one attached hydrogen (secondary N) is 3. The van der Waals surface area contributed by atoms with E-state index in [0.717, 1.165) is 36.6 Å². The number of phenols is 1. The summed E-state index contributed by atoms with van der Waals surface area (Å²) in [6, 6.07) is 22.6. The van der Waals surface area contributed by atoms with E-state index in [1.165, 1.54) is 17.7 Å². The number of hydrogen-bond acceptors (Lipinski definition) is 6. The molecule has 0 aliphatic heterocycles. The fourth-order valence-electron chi connectivity index (χ4n) is 4.10. The van der Waals surface area contributed by atoms with Crippen LogP contribution in [0.4, 0.5) is 5.69 Å². The lowest BCUT2D eigenvalue weighted by molar-refractivity contribution is -0.120. The number of aromatic hydroxyl groups is 1. The quantitative estimate of drug-likeness (QED) is 0.158. The summed E-state index contributed by atoms with van der Waals surface area (Å²) in [6.45, 7) is 2.92. The monoisotopic (exact) mass is 539 g/mol. The maximum absolute atomic E-state index is 12.3. The number of aliphatic hydroxyl groups is 1. The Kier molecular flexibility index (Phi) is 10.7. The van der Waals surface area contributed by atoms with Gasteiger partial charge in [0.1, 0.15) is 5.75 Å². The van der Waals surface area contributed by atoms with Crippen molar-refractivity contribution in [3.8, 4) is 5.75 Å². The van der Waals surface area contributed by atoms with Gasteiger partial charge in [0.2, 0.25) is 15.9 Å². The van der Waals surface area contributed by atoms with Gasteiger partial charge in [-0.25, -0.2) is 8.42 Å². The molecule has 0 radical (unpaired) electrons. The van der Waals surface area contributed by atoms with Crippen molar-refractivity contribution in [3.63, 3.8) is 0 Å². The van der Waals surface area contributed by atoms with E-state index in [2.05, 4.69) is 27.5 Å². The van der Waals surface area contributed by atoms with Crippen LogP contribution in [-0.4, -0.2) is 49.9 Å². The van der Waals surface area contributed by atoms with Crippen LogP contribution >= 0.6 is 0 Å². The summed E-state index contributed by atoms with van der Waals surface area (Å²) < 4.78 is 25.2. The number of carbonyl (C=O) groups is 1. The van der Waals surface area contributed by atoms with E-state index >= 15 is 0 Å². The summed E-state index contributed by atoms with van der Waals surface area (Å²) in [5.41, 5.74) is 3.84. The van der Waals surface area contributed by atoms with Gasteiger partial charge in [-0.1, -0.05) is 60.7 Å². The lowest BCUT2D eigenvalue weighted by Crippen LogP contribution is -2.32. The molecule has 3 aromatic carbocycles. The number of carbonyl (C=O) groups excluding carboxylic acids is 1. The largest absolute Gasteiger partial charge is 0.506 e. The van der Waals surface area contributed by atoms with Gasteiger partial charge in [0.15, 0.2) is 0 Å². The van der Waals surface area contributed by atoms with Crippen LogP contribution < -0.4 is 15.4 Å². The van der Waals surface area contributed by atoms with E-state index in [9.17, 15) is 23.4 Å². The molecule has 0 heterocycles. The minimum Gasteiger partial charge on any atom is -0.506 e. The van der Waals surface area contributed by atoms with Crippen molar-refractivity contribution >= 4 is 21.6 Å². The molecule has 9 heteroatoms. The molecule has 2 atom stereocenters. The van der Waals surface area contributed by atoms with Crippen LogP contribution in [0.1, 0.15) is 41.7 Å². The third-order valence-electron chi connectivity index (χ3n) is 6.10. The summed E-state index contributed by atoms with van der Waals surface area (Å²) in [7, 11) is -3.56. The average Bonchev–Trinajstić information content (AvgIpc) is 2.87. The number of amides is 1. The van der Waals surface area contributed by atoms with Crippen LogP contribution in [0, 0.1) is 0 Å². The zero-order valence-electron chi connectivity index (χ0n) is 21.9. The summed E-state index contributed by atoms with van der Waals surface area (Å²) in [4.78, 5) is 12.3. The highest BCUT2D eigenvalue weighted by atomic mass is 32.2. The highest BCUT2D eigenvalue weighted by molar-refractivity contribution is 7.92. The molecule has 204 valence electrons.